The van der Waals surface area contributed by atoms with Crippen molar-refractivity contribution in [2.45, 2.75) is 47.0 Å². The van der Waals surface area contributed by atoms with Gasteiger partial charge in [-0.3, -0.25) is 0 Å². The molecule has 1 aliphatic carbocycles. The van der Waals surface area contributed by atoms with Crippen molar-refractivity contribution in [1.82, 2.24) is 0 Å². The van der Waals surface area contributed by atoms with Gasteiger partial charge in [0.2, 0.25) is 0 Å². The maximum absolute atomic E-state index is 10.6. The van der Waals surface area contributed by atoms with Crippen LogP contribution >= 0.6 is 0 Å². The van der Waals surface area contributed by atoms with Crippen LogP contribution in [0.15, 0.2) is 42.0 Å². The standard InChI is InChI=1S/C21H26O2/c1-15(2)8-9-17-12-16(6-5-7-20(22)23)13-18-10-11-21(3,4)14-19(17)18/h5,7-8,10-13H,6,9,14H2,1-4H3,(H,22,23)/b7-5-. The number of carbonyl (C=O) groups is 1. The number of rotatable bonds is 5. The highest BCUT2D eigenvalue weighted by Gasteiger charge is 2.22. The van der Waals surface area contributed by atoms with Crippen LogP contribution in [-0.4, -0.2) is 11.1 Å². The van der Waals surface area contributed by atoms with Crippen molar-refractivity contribution in [2.24, 2.45) is 5.41 Å². The molecule has 2 nitrogen and oxygen atoms in total. The SMILES string of the molecule is CC(C)=CCc1cc(C/C=C\C(=O)O)cc2c1CC(C)(C)C=C2. The molecule has 0 heterocycles. The summed E-state index contributed by atoms with van der Waals surface area (Å²) >= 11 is 0. The molecule has 0 aromatic heterocycles. The van der Waals surface area contributed by atoms with Crippen molar-refractivity contribution in [3.05, 3.63) is 64.3 Å². The Balaban J connectivity index is 2.39. The van der Waals surface area contributed by atoms with Gasteiger partial charge in [0.05, 0.1) is 0 Å². The number of carboxylic acids is 1. The summed E-state index contributed by atoms with van der Waals surface area (Å²) in [5, 5.41) is 8.74. The molecule has 2 heteroatoms. The van der Waals surface area contributed by atoms with E-state index >= 15 is 0 Å². The van der Waals surface area contributed by atoms with Gasteiger partial charge in [0, 0.05) is 6.08 Å². The minimum Gasteiger partial charge on any atom is -0.478 e. The summed E-state index contributed by atoms with van der Waals surface area (Å²) in [6.07, 6.45) is 12.3. The summed E-state index contributed by atoms with van der Waals surface area (Å²) in [6, 6.07) is 4.43. The first-order valence-electron chi connectivity index (χ1n) is 8.13. The fourth-order valence-electron chi connectivity index (χ4n) is 2.93. The van der Waals surface area contributed by atoms with Gasteiger partial charge < -0.3 is 5.11 Å². The Labute approximate surface area is 139 Å². The quantitative estimate of drug-likeness (QED) is 0.615. The lowest BCUT2D eigenvalue weighted by atomic mass is 9.76. The van der Waals surface area contributed by atoms with Gasteiger partial charge in [-0.25, -0.2) is 4.79 Å². The molecule has 1 N–H and O–H groups in total. The summed E-state index contributed by atoms with van der Waals surface area (Å²) in [5.41, 5.74) is 6.75. The lowest BCUT2D eigenvalue weighted by molar-refractivity contribution is -0.131. The molecule has 122 valence electrons. The van der Waals surface area contributed by atoms with Crippen molar-refractivity contribution < 1.29 is 9.90 Å². The van der Waals surface area contributed by atoms with E-state index in [-0.39, 0.29) is 5.41 Å². The number of benzene rings is 1. The molecular weight excluding hydrogens is 284 g/mol. The summed E-state index contributed by atoms with van der Waals surface area (Å²) in [4.78, 5) is 10.6. The van der Waals surface area contributed by atoms with Crippen molar-refractivity contribution in [3.8, 4) is 0 Å². The molecule has 0 unspecified atom stereocenters. The number of allylic oxidation sites excluding steroid dienone is 4. The normalized spacial score (nSPS) is 15.5. The Morgan fingerprint density at radius 3 is 2.65 bits per heavy atom. The number of carboxylic acid groups (broad SMARTS) is 1. The fraction of sp³-hybridized carbons (Fsp3) is 0.381. The van der Waals surface area contributed by atoms with E-state index in [2.05, 4.69) is 58.1 Å². The Morgan fingerprint density at radius 1 is 1.26 bits per heavy atom. The van der Waals surface area contributed by atoms with Gasteiger partial charge in [-0.05, 0) is 60.8 Å². The minimum atomic E-state index is -0.894. The maximum atomic E-state index is 10.6. The van der Waals surface area contributed by atoms with Crippen LogP contribution in [0.25, 0.3) is 6.08 Å². The second-order valence-corrected chi connectivity index (χ2v) is 7.25. The topological polar surface area (TPSA) is 37.3 Å². The third kappa shape index (κ3) is 4.95. The predicted octanol–water partition coefficient (Wildman–Crippen LogP) is 4.97. The summed E-state index contributed by atoms with van der Waals surface area (Å²) in [7, 11) is 0. The van der Waals surface area contributed by atoms with E-state index in [4.69, 9.17) is 5.11 Å². The molecular formula is C21H26O2. The smallest absolute Gasteiger partial charge is 0.327 e. The highest BCUT2D eigenvalue weighted by Crippen LogP contribution is 2.35. The third-order valence-electron chi connectivity index (χ3n) is 4.13. The molecule has 0 aliphatic heterocycles. The van der Waals surface area contributed by atoms with Crippen LogP contribution in [0, 0.1) is 5.41 Å². The van der Waals surface area contributed by atoms with Crippen LogP contribution in [0.2, 0.25) is 0 Å². The number of fused-ring (bicyclic) bond motifs is 1. The van der Waals surface area contributed by atoms with E-state index in [9.17, 15) is 4.79 Å². The summed E-state index contributed by atoms with van der Waals surface area (Å²) < 4.78 is 0. The molecule has 1 aromatic carbocycles. The van der Waals surface area contributed by atoms with Crippen molar-refractivity contribution in [3.63, 3.8) is 0 Å². The Kier molecular flexibility index (Phi) is 5.25. The van der Waals surface area contributed by atoms with Crippen LogP contribution in [0.4, 0.5) is 0 Å². The molecule has 1 aliphatic rings. The van der Waals surface area contributed by atoms with Crippen LogP contribution < -0.4 is 0 Å². The second-order valence-electron chi connectivity index (χ2n) is 7.25. The third-order valence-corrected chi connectivity index (χ3v) is 4.13. The molecule has 0 spiro atoms. The largest absolute Gasteiger partial charge is 0.478 e. The minimum absolute atomic E-state index is 0.192. The molecule has 0 saturated heterocycles. The zero-order valence-electron chi connectivity index (χ0n) is 14.5. The highest BCUT2D eigenvalue weighted by molar-refractivity contribution is 5.79. The zero-order valence-corrected chi connectivity index (χ0v) is 14.5. The van der Waals surface area contributed by atoms with Gasteiger partial charge in [-0.1, -0.05) is 55.9 Å². The van der Waals surface area contributed by atoms with Crippen LogP contribution in [0.1, 0.15) is 49.9 Å². The van der Waals surface area contributed by atoms with E-state index in [1.807, 2.05) is 0 Å². The average molecular weight is 310 g/mol. The van der Waals surface area contributed by atoms with E-state index in [0.717, 1.165) is 12.8 Å². The van der Waals surface area contributed by atoms with Crippen LogP contribution in [0.5, 0.6) is 0 Å². The lowest BCUT2D eigenvalue weighted by Gasteiger charge is -2.28. The fourth-order valence-corrected chi connectivity index (χ4v) is 2.93. The van der Waals surface area contributed by atoms with Gasteiger partial charge in [-0.15, -0.1) is 0 Å². The van der Waals surface area contributed by atoms with Crippen molar-refractivity contribution in [1.29, 1.82) is 0 Å². The van der Waals surface area contributed by atoms with E-state index in [1.165, 1.54) is 33.9 Å². The monoisotopic (exact) mass is 310 g/mol. The molecule has 1 aromatic rings. The molecule has 0 bridgehead atoms. The highest BCUT2D eigenvalue weighted by atomic mass is 16.4. The van der Waals surface area contributed by atoms with Gasteiger partial charge in [-0.2, -0.15) is 0 Å². The molecule has 0 radical (unpaired) electrons. The van der Waals surface area contributed by atoms with Gasteiger partial charge in [0.25, 0.3) is 0 Å². The first-order chi connectivity index (χ1) is 10.8. The first kappa shape index (κ1) is 17.3. The Hall–Kier alpha value is -2.09. The predicted molar refractivity (Wildman–Crippen MR) is 96.6 cm³/mol. The molecule has 23 heavy (non-hydrogen) atoms. The zero-order chi connectivity index (χ0) is 17.0. The van der Waals surface area contributed by atoms with Crippen molar-refractivity contribution >= 4 is 12.0 Å². The second kappa shape index (κ2) is 6.99. The van der Waals surface area contributed by atoms with Crippen molar-refractivity contribution in [2.75, 3.05) is 0 Å². The lowest BCUT2D eigenvalue weighted by Crippen LogP contribution is -2.17. The summed E-state index contributed by atoms with van der Waals surface area (Å²) in [5.74, 6) is -0.894. The van der Waals surface area contributed by atoms with Gasteiger partial charge >= 0.3 is 5.97 Å². The van der Waals surface area contributed by atoms with E-state index in [1.54, 1.807) is 6.08 Å². The van der Waals surface area contributed by atoms with E-state index < -0.39 is 5.97 Å². The number of aliphatic carboxylic acids is 1. The van der Waals surface area contributed by atoms with Gasteiger partial charge in [0.1, 0.15) is 0 Å². The Morgan fingerprint density at radius 2 is 2.00 bits per heavy atom. The van der Waals surface area contributed by atoms with Gasteiger partial charge in [0.15, 0.2) is 0 Å². The number of hydrogen-bond donors (Lipinski definition) is 1. The number of hydrogen-bond acceptors (Lipinski definition) is 1. The average Bonchev–Trinajstić information content (AvgIpc) is 2.44. The molecule has 0 amide bonds. The summed E-state index contributed by atoms with van der Waals surface area (Å²) in [6.45, 7) is 8.77. The maximum Gasteiger partial charge on any atom is 0.327 e. The van der Waals surface area contributed by atoms with Crippen LogP contribution in [0.3, 0.4) is 0 Å². The molecule has 0 saturated carbocycles. The Bertz CT molecular complexity index is 684. The van der Waals surface area contributed by atoms with E-state index in [0.29, 0.717) is 6.42 Å². The molecule has 2 rings (SSSR count). The first-order valence-corrected chi connectivity index (χ1v) is 8.13. The van der Waals surface area contributed by atoms with Crippen LogP contribution in [-0.2, 0) is 24.1 Å². The molecule has 0 atom stereocenters. The molecule has 0 fully saturated rings.